The van der Waals surface area contributed by atoms with Crippen LogP contribution >= 0.6 is 34.3 Å². The van der Waals surface area contributed by atoms with E-state index in [1.165, 1.54) is 17.4 Å². The highest BCUT2D eigenvalue weighted by atomic mass is 35.5. The normalized spacial score (nSPS) is 18.0. The fourth-order valence-electron chi connectivity index (χ4n) is 9.25. The molecule has 7 rings (SSSR count). The van der Waals surface area contributed by atoms with Crippen LogP contribution in [0.15, 0.2) is 77.8 Å². The fraction of sp³-hybridized carbons (Fsp3) is 0.509. The number of thiazole rings is 2. The second kappa shape index (κ2) is 28.7. The molecule has 2 fully saturated rings. The Labute approximate surface area is 457 Å². The number of aromatic nitrogens is 3. The number of benzene rings is 2. The van der Waals surface area contributed by atoms with Crippen LogP contribution in [-0.4, -0.2) is 128 Å². The summed E-state index contributed by atoms with van der Waals surface area (Å²) in [4.78, 5) is 70.6. The molecule has 0 unspecified atom stereocenters. The van der Waals surface area contributed by atoms with Crippen LogP contribution in [0, 0.1) is 23.6 Å². The molecule has 2 aromatic carbocycles. The van der Waals surface area contributed by atoms with Gasteiger partial charge in [0.2, 0.25) is 23.6 Å². The molecule has 5 aromatic rings. The highest BCUT2D eigenvalue weighted by molar-refractivity contribution is 7.13. The molecule has 4 amide bonds. The molecule has 1 aliphatic carbocycles. The average molecular weight is 1110 g/mol. The van der Waals surface area contributed by atoms with Crippen LogP contribution in [0.2, 0.25) is 5.02 Å². The Hall–Kier alpha value is -5.61. The molecule has 4 heterocycles. The van der Waals surface area contributed by atoms with Crippen molar-refractivity contribution in [1.29, 1.82) is 0 Å². The Morgan fingerprint density at radius 2 is 1.55 bits per heavy atom. The number of anilines is 2. The Balaban J connectivity index is 0.739. The number of carbonyl (C=O) groups excluding carboxylic acids is 4. The van der Waals surface area contributed by atoms with E-state index in [0.29, 0.717) is 110 Å². The summed E-state index contributed by atoms with van der Waals surface area (Å²) in [5.41, 5.74) is 4.24. The highest BCUT2D eigenvalue weighted by Gasteiger charge is 2.44. The lowest BCUT2D eigenvalue weighted by atomic mass is 9.69. The molecule has 4 N–H and O–H groups in total. The number of hydrogen-bond acceptors (Lipinski definition) is 15. The van der Waals surface area contributed by atoms with Gasteiger partial charge in [-0.3, -0.25) is 19.2 Å². The first-order valence-electron chi connectivity index (χ1n) is 25.9. The Morgan fingerprint density at radius 1 is 0.855 bits per heavy atom. The highest BCUT2D eigenvalue weighted by Crippen LogP contribution is 2.41. The number of nitrogens with zero attached hydrogens (tertiary/aromatic N) is 4. The van der Waals surface area contributed by atoms with E-state index < -0.39 is 28.7 Å². The van der Waals surface area contributed by atoms with E-state index in [-0.39, 0.29) is 60.1 Å². The van der Waals surface area contributed by atoms with Crippen molar-refractivity contribution >= 4 is 68.9 Å². The average Bonchev–Trinajstić information content (AvgIpc) is 4.21. The molecule has 410 valence electrons. The molecular weight excluding hydrogens is 1040 g/mol. The summed E-state index contributed by atoms with van der Waals surface area (Å²) >= 11 is 9.05. The number of nitrogens with one attached hydrogen (secondary N) is 4. The minimum absolute atomic E-state index is 0.00361. The summed E-state index contributed by atoms with van der Waals surface area (Å²) < 4.78 is 43.4. The second-order valence-electron chi connectivity index (χ2n) is 20.0. The summed E-state index contributed by atoms with van der Waals surface area (Å²) in [5.74, 6) is -0.756. The van der Waals surface area contributed by atoms with Crippen LogP contribution in [0.4, 0.5) is 15.3 Å². The van der Waals surface area contributed by atoms with Crippen LogP contribution in [-0.2, 0) is 51.1 Å². The number of ether oxygens (including phenoxy) is 5. The first-order chi connectivity index (χ1) is 36.7. The monoisotopic (exact) mass is 1100 g/mol. The van der Waals surface area contributed by atoms with Crippen molar-refractivity contribution < 1.29 is 47.3 Å². The summed E-state index contributed by atoms with van der Waals surface area (Å²) in [6, 6.07) is 16.9. The van der Waals surface area contributed by atoms with E-state index in [1.807, 2.05) is 81.1 Å². The maximum atomic E-state index is 14.7. The molecule has 17 nitrogen and oxygen atoms in total. The van der Waals surface area contributed by atoms with E-state index in [2.05, 4.69) is 31.2 Å². The van der Waals surface area contributed by atoms with Gasteiger partial charge in [0.15, 0.2) is 16.7 Å². The maximum absolute atomic E-state index is 14.7. The zero-order valence-corrected chi connectivity index (χ0v) is 46.1. The van der Waals surface area contributed by atoms with E-state index >= 15 is 0 Å². The molecule has 1 aliphatic heterocycles. The maximum Gasteiger partial charge on any atom is 0.246 e. The van der Waals surface area contributed by atoms with E-state index in [4.69, 9.17) is 40.3 Å². The lowest BCUT2D eigenvalue weighted by molar-refractivity contribution is -0.144. The van der Waals surface area contributed by atoms with Crippen LogP contribution in [0.25, 0.3) is 10.4 Å². The molecule has 2 atom stereocenters. The summed E-state index contributed by atoms with van der Waals surface area (Å²) in [7, 11) is 0. The van der Waals surface area contributed by atoms with Gasteiger partial charge in [-0.15, -0.1) is 22.7 Å². The van der Waals surface area contributed by atoms with Crippen molar-refractivity contribution in [2.24, 2.45) is 10.8 Å². The van der Waals surface area contributed by atoms with Crippen LogP contribution in [0.1, 0.15) is 82.7 Å². The van der Waals surface area contributed by atoms with Gasteiger partial charge in [-0.1, -0.05) is 68.8 Å². The largest absolute Gasteiger partial charge is 0.487 e. The molecular formula is C55H70ClFN8O9S2. The summed E-state index contributed by atoms with van der Waals surface area (Å²) in [6.45, 7) is 11.1. The van der Waals surface area contributed by atoms with E-state index in [0.717, 1.165) is 32.5 Å². The molecule has 1 saturated carbocycles. The van der Waals surface area contributed by atoms with Crippen LogP contribution in [0.5, 0.6) is 5.75 Å². The summed E-state index contributed by atoms with van der Waals surface area (Å²) in [6.07, 6.45) is 5.26. The molecule has 21 heteroatoms. The molecule has 0 bridgehead atoms. The van der Waals surface area contributed by atoms with Crippen molar-refractivity contribution in [2.45, 2.75) is 104 Å². The number of carbonyl (C=O) groups is 4. The zero-order valence-electron chi connectivity index (χ0n) is 43.7. The van der Waals surface area contributed by atoms with Crippen molar-refractivity contribution in [1.82, 2.24) is 35.8 Å². The Bertz CT molecular complexity index is 2650. The van der Waals surface area contributed by atoms with Gasteiger partial charge in [-0.05, 0) is 86.3 Å². The standard InChI is InChI=1S/C55H70ClFN8O9S2/c1-37-48(76-36-61-37)39-15-13-38(14-16-39)35-60-50(67)43-10-7-24-65(43)51(68)49(54(2,3)4)64-46(66)19-25-70-27-29-72-31-32-73-30-28-71-26-22-58-52(69)55(34-40-8-5-12-45(62-40)63-53-59-23-33-75-53)20-17-41(18-21-55)74-44-11-6-9-42(56)47(44)57/h5-6,8-9,11-16,23,33,36,41,43,49H,7,10,17-22,24-32,34-35H2,1-4H3,(H,58,69)(H,60,67)(H,64,66)(H,59,62,63)/t41?,43-,49+,55?/m0/s1. The second-order valence-corrected chi connectivity index (χ2v) is 22.2. The van der Waals surface area contributed by atoms with Gasteiger partial charge in [0.25, 0.3) is 0 Å². The number of rotatable bonds is 28. The van der Waals surface area contributed by atoms with Gasteiger partial charge in [0.05, 0.1) is 85.5 Å². The SMILES string of the molecule is Cc1ncsc1-c1ccc(CNC(=O)[C@@H]2CCCN2C(=O)[C@@H](NC(=O)CCOCCOCCOCCOCCNC(=O)C2(Cc3cccc(Nc4nccs4)n3)CCC(Oc3cccc(Cl)c3F)CC2)C(C)(C)C)cc1. The first kappa shape index (κ1) is 58.1. The third-order valence-corrected chi connectivity index (χ3v) is 15.3. The first-order valence-corrected chi connectivity index (χ1v) is 28.0. The van der Waals surface area contributed by atoms with Gasteiger partial charge in [-0.2, -0.15) is 0 Å². The van der Waals surface area contributed by atoms with E-state index in [1.54, 1.807) is 34.6 Å². The van der Waals surface area contributed by atoms with Crippen molar-refractivity contribution in [3.05, 3.63) is 106 Å². The Kier molecular flexibility index (Phi) is 21.9. The number of likely N-dealkylation sites (tertiary alicyclic amines) is 1. The lowest BCUT2D eigenvalue weighted by Gasteiger charge is -2.39. The molecule has 1 saturated heterocycles. The van der Waals surface area contributed by atoms with Gasteiger partial charge in [0, 0.05) is 49.7 Å². The number of aryl methyl sites for hydroxylation is 1. The van der Waals surface area contributed by atoms with Crippen molar-refractivity contribution in [2.75, 3.05) is 71.3 Å². The van der Waals surface area contributed by atoms with Crippen LogP contribution < -0.4 is 26.0 Å². The third kappa shape index (κ3) is 16.9. The number of hydrogen-bond donors (Lipinski definition) is 4. The number of pyridine rings is 1. The molecule has 0 spiro atoms. The summed E-state index contributed by atoms with van der Waals surface area (Å²) in [5, 5.41) is 14.8. The number of amides is 4. The quantitative estimate of drug-likeness (QED) is 0.0348. The van der Waals surface area contributed by atoms with E-state index in [9.17, 15) is 23.6 Å². The molecule has 2 aliphatic rings. The minimum atomic E-state index is -0.825. The van der Waals surface area contributed by atoms with Crippen LogP contribution in [0.3, 0.4) is 0 Å². The molecule has 76 heavy (non-hydrogen) atoms. The molecule has 3 aromatic heterocycles. The zero-order chi connectivity index (χ0) is 53.9. The minimum Gasteiger partial charge on any atom is -0.487 e. The van der Waals surface area contributed by atoms with Gasteiger partial charge in [-0.25, -0.2) is 19.3 Å². The fourth-order valence-corrected chi connectivity index (χ4v) is 10.8. The smallest absolute Gasteiger partial charge is 0.246 e. The predicted octanol–water partition coefficient (Wildman–Crippen LogP) is 8.47. The van der Waals surface area contributed by atoms with Gasteiger partial charge < -0.3 is 49.9 Å². The number of halogens is 2. The van der Waals surface area contributed by atoms with Crippen molar-refractivity contribution in [3.63, 3.8) is 0 Å². The van der Waals surface area contributed by atoms with Crippen molar-refractivity contribution in [3.8, 4) is 16.2 Å². The van der Waals surface area contributed by atoms with Gasteiger partial charge >= 0.3 is 0 Å². The third-order valence-electron chi connectivity index (χ3n) is 13.4. The lowest BCUT2D eigenvalue weighted by Crippen LogP contribution is -2.57. The molecule has 0 radical (unpaired) electrons. The Morgan fingerprint density at radius 3 is 2.22 bits per heavy atom. The predicted molar refractivity (Wildman–Crippen MR) is 291 cm³/mol. The topological polar surface area (TPSA) is 204 Å². The van der Waals surface area contributed by atoms with Gasteiger partial charge in [0.1, 0.15) is 17.9 Å².